The molecule has 0 radical (unpaired) electrons. The third kappa shape index (κ3) is 4.91. The highest BCUT2D eigenvalue weighted by Gasteiger charge is 2.32. The van der Waals surface area contributed by atoms with E-state index in [1.165, 1.54) is 30.4 Å². The zero-order valence-corrected chi connectivity index (χ0v) is 15.5. The molecule has 0 saturated heterocycles. The number of hydrogen-bond acceptors (Lipinski definition) is 2. The first-order chi connectivity index (χ1) is 10.9. The maximum atomic E-state index is 12.9. The van der Waals surface area contributed by atoms with Gasteiger partial charge in [-0.3, -0.25) is 9.69 Å². The van der Waals surface area contributed by atoms with E-state index in [-0.39, 0.29) is 12.0 Å². The minimum Gasteiger partial charge on any atom is -0.298 e. The van der Waals surface area contributed by atoms with Crippen LogP contribution in [0.25, 0.3) is 0 Å². The molecular weight excluding hydrogens is 282 g/mol. The Morgan fingerprint density at radius 1 is 1.13 bits per heavy atom. The van der Waals surface area contributed by atoms with Crippen LogP contribution in [0, 0.1) is 18.8 Å². The quantitative estimate of drug-likeness (QED) is 0.696. The van der Waals surface area contributed by atoms with E-state index in [2.05, 4.69) is 49.9 Å². The molecular formula is C21H33NO. The van der Waals surface area contributed by atoms with Crippen molar-refractivity contribution >= 4 is 5.78 Å². The Kier molecular flexibility index (Phi) is 6.41. The highest BCUT2D eigenvalue weighted by molar-refractivity contribution is 5.86. The van der Waals surface area contributed by atoms with Crippen LogP contribution in [0.2, 0.25) is 0 Å². The van der Waals surface area contributed by atoms with Crippen LogP contribution in [-0.4, -0.2) is 29.3 Å². The molecule has 0 aromatic heterocycles. The highest BCUT2D eigenvalue weighted by atomic mass is 16.1. The second-order valence-electron chi connectivity index (χ2n) is 7.85. The minimum absolute atomic E-state index is 0.0123. The van der Waals surface area contributed by atoms with E-state index >= 15 is 0 Å². The highest BCUT2D eigenvalue weighted by Crippen LogP contribution is 2.29. The normalized spacial score (nSPS) is 16.9. The summed E-state index contributed by atoms with van der Waals surface area (Å²) in [6.45, 7) is 11.7. The van der Waals surface area contributed by atoms with Gasteiger partial charge in [-0.05, 0) is 51.5 Å². The molecule has 0 spiro atoms. The zero-order valence-electron chi connectivity index (χ0n) is 15.5. The maximum Gasteiger partial charge on any atom is 0.152 e. The molecule has 0 N–H and O–H groups in total. The third-order valence-electron chi connectivity index (χ3n) is 5.20. The lowest BCUT2D eigenvalue weighted by Gasteiger charge is -2.40. The Hall–Kier alpha value is -1.15. The molecule has 0 unspecified atom stereocenters. The fourth-order valence-electron chi connectivity index (χ4n) is 3.38. The van der Waals surface area contributed by atoms with Gasteiger partial charge in [0.25, 0.3) is 0 Å². The van der Waals surface area contributed by atoms with Gasteiger partial charge < -0.3 is 0 Å². The molecule has 1 aliphatic rings. The van der Waals surface area contributed by atoms with Crippen molar-refractivity contribution in [3.05, 3.63) is 35.4 Å². The molecule has 2 rings (SSSR count). The summed E-state index contributed by atoms with van der Waals surface area (Å²) in [5.41, 5.74) is 2.55. The summed E-state index contributed by atoms with van der Waals surface area (Å²) in [4.78, 5) is 15.4. The predicted molar refractivity (Wildman–Crippen MR) is 97.7 cm³/mol. The van der Waals surface area contributed by atoms with Crippen molar-refractivity contribution in [1.29, 1.82) is 0 Å². The fraction of sp³-hybridized carbons (Fsp3) is 0.667. The van der Waals surface area contributed by atoms with Crippen molar-refractivity contribution in [2.24, 2.45) is 11.8 Å². The van der Waals surface area contributed by atoms with Gasteiger partial charge in [-0.25, -0.2) is 0 Å². The number of benzene rings is 1. The molecule has 1 aliphatic carbocycles. The van der Waals surface area contributed by atoms with Crippen LogP contribution in [0.4, 0.5) is 0 Å². The van der Waals surface area contributed by atoms with Crippen LogP contribution in [0.3, 0.4) is 0 Å². The average molecular weight is 316 g/mol. The summed E-state index contributed by atoms with van der Waals surface area (Å²) in [5.74, 6) is 1.27. The monoisotopic (exact) mass is 315 g/mol. The van der Waals surface area contributed by atoms with Gasteiger partial charge in [-0.1, -0.05) is 50.1 Å². The van der Waals surface area contributed by atoms with Crippen LogP contribution in [0.15, 0.2) is 24.3 Å². The number of carbonyl (C=O) groups is 1. The van der Waals surface area contributed by atoms with Crippen LogP contribution >= 0.6 is 0 Å². The Bertz CT molecular complexity index is 499. The Morgan fingerprint density at radius 3 is 2.17 bits per heavy atom. The number of aryl methyl sites for hydroxylation is 1. The molecule has 128 valence electrons. The van der Waals surface area contributed by atoms with Crippen molar-refractivity contribution < 1.29 is 4.79 Å². The summed E-state index contributed by atoms with van der Waals surface area (Å²) in [6.07, 6.45) is 4.85. The third-order valence-corrected chi connectivity index (χ3v) is 5.20. The number of ketones is 1. The smallest absolute Gasteiger partial charge is 0.152 e. The van der Waals surface area contributed by atoms with Crippen LogP contribution < -0.4 is 0 Å². The first kappa shape index (κ1) is 18.2. The van der Waals surface area contributed by atoms with Gasteiger partial charge in [-0.2, -0.15) is 0 Å². The maximum absolute atomic E-state index is 12.9. The molecule has 2 heteroatoms. The van der Waals surface area contributed by atoms with E-state index in [1.807, 2.05) is 13.8 Å². The van der Waals surface area contributed by atoms with Gasteiger partial charge in [-0.15, -0.1) is 0 Å². The topological polar surface area (TPSA) is 20.3 Å². The molecule has 0 amide bonds. The van der Waals surface area contributed by atoms with Gasteiger partial charge in [0.05, 0.1) is 6.04 Å². The van der Waals surface area contributed by atoms with Crippen LogP contribution in [0.1, 0.15) is 58.1 Å². The summed E-state index contributed by atoms with van der Waals surface area (Å²) in [6, 6.07) is 9.08. The molecule has 0 heterocycles. The zero-order chi connectivity index (χ0) is 17.0. The van der Waals surface area contributed by atoms with Crippen molar-refractivity contribution in [2.75, 3.05) is 6.54 Å². The van der Waals surface area contributed by atoms with Gasteiger partial charge in [0.2, 0.25) is 0 Å². The van der Waals surface area contributed by atoms with Gasteiger partial charge >= 0.3 is 0 Å². The molecule has 2 nitrogen and oxygen atoms in total. The number of Topliss-reactive ketones (excluding diaryl/α,β-unsaturated/α-hetero) is 1. The Balaban J connectivity index is 2.19. The number of rotatable bonds is 8. The number of nitrogens with zero attached hydrogens (tertiary/aromatic N) is 1. The second-order valence-corrected chi connectivity index (χ2v) is 7.85. The van der Waals surface area contributed by atoms with Crippen molar-refractivity contribution in [2.45, 2.75) is 72.4 Å². The molecule has 1 saturated carbocycles. The SMILES string of the molecule is Cc1ccc(C[C@@H](C(=O)C(C)C)N(CC2CCC2)C(C)C)cc1. The van der Waals surface area contributed by atoms with Crippen LogP contribution in [-0.2, 0) is 11.2 Å². The number of carbonyl (C=O) groups excluding carboxylic acids is 1. The van der Waals surface area contributed by atoms with E-state index in [1.54, 1.807) is 0 Å². The molecule has 0 aliphatic heterocycles. The molecule has 23 heavy (non-hydrogen) atoms. The lowest BCUT2D eigenvalue weighted by Crippen LogP contribution is -2.50. The van der Waals surface area contributed by atoms with Crippen molar-refractivity contribution in [1.82, 2.24) is 4.90 Å². The standard InChI is InChI=1S/C21H33NO/c1-15(2)21(23)20(13-18-11-9-17(5)10-12-18)22(16(3)4)14-19-7-6-8-19/h9-12,15-16,19-20H,6-8,13-14H2,1-5H3/t20-/m0/s1. The largest absolute Gasteiger partial charge is 0.298 e. The van der Waals surface area contributed by atoms with E-state index in [4.69, 9.17) is 0 Å². The minimum atomic E-state index is 0.0123. The first-order valence-corrected chi connectivity index (χ1v) is 9.23. The molecule has 1 aromatic carbocycles. The van der Waals surface area contributed by atoms with Crippen molar-refractivity contribution in [3.63, 3.8) is 0 Å². The summed E-state index contributed by atoms with van der Waals surface area (Å²) in [5, 5.41) is 0. The van der Waals surface area contributed by atoms with Gasteiger partial charge in [0, 0.05) is 18.5 Å². The molecule has 1 atom stereocenters. The Labute approximate surface area is 142 Å². The molecule has 1 fully saturated rings. The molecule has 0 bridgehead atoms. The average Bonchev–Trinajstić information content (AvgIpc) is 2.45. The van der Waals surface area contributed by atoms with Gasteiger partial charge in [0.1, 0.15) is 0 Å². The van der Waals surface area contributed by atoms with E-state index in [9.17, 15) is 4.79 Å². The summed E-state index contributed by atoms with van der Waals surface area (Å²) < 4.78 is 0. The lowest BCUT2D eigenvalue weighted by molar-refractivity contribution is -0.128. The lowest BCUT2D eigenvalue weighted by atomic mass is 9.83. The van der Waals surface area contributed by atoms with E-state index in [0.717, 1.165) is 18.9 Å². The summed E-state index contributed by atoms with van der Waals surface area (Å²) in [7, 11) is 0. The Morgan fingerprint density at radius 2 is 1.74 bits per heavy atom. The predicted octanol–water partition coefficient (Wildman–Crippen LogP) is 4.64. The number of hydrogen-bond donors (Lipinski definition) is 0. The first-order valence-electron chi connectivity index (χ1n) is 9.23. The van der Waals surface area contributed by atoms with Gasteiger partial charge in [0.15, 0.2) is 5.78 Å². The van der Waals surface area contributed by atoms with Crippen molar-refractivity contribution in [3.8, 4) is 0 Å². The molecule has 1 aromatic rings. The fourth-order valence-corrected chi connectivity index (χ4v) is 3.38. The van der Waals surface area contributed by atoms with Crippen LogP contribution in [0.5, 0.6) is 0 Å². The van der Waals surface area contributed by atoms with E-state index in [0.29, 0.717) is 11.8 Å². The van der Waals surface area contributed by atoms with E-state index < -0.39 is 0 Å². The summed E-state index contributed by atoms with van der Waals surface area (Å²) >= 11 is 0. The second kappa shape index (κ2) is 8.10.